The first kappa shape index (κ1) is 36.3. The Morgan fingerprint density at radius 3 is 1.12 bits per heavy atom. The van der Waals surface area contributed by atoms with Crippen LogP contribution in [0.4, 0.5) is 22.7 Å². The van der Waals surface area contributed by atoms with Gasteiger partial charge in [0.25, 0.3) is 0 Å². The summed E-state index contributed by atoms with van der Waals surface area (Å²) >= 11 is 0. The van der Waals surface area contributed by atoms with Crippen LogP contribution in [-0.4, -0.2) is 37.7 Å². The lowest BCUT2D eigenvalue weighted by Gasteiger charge is -2.26. The van der Waals surface area contributed by atoms with E-state index in [0.29, 0.717) is 11.5 Å². The molecule has 8 nitrogen and oxygen atoms in total. The van der Waals surface area contributed by atoms with E-state index in [1.165, 1.54) is 0 Å². The van der Waals surface area contributed by atoms with Crippen LogP contribution in [0.15, 0.2) is 72.8 Å². The molecule has 0 aliphatic heterocycles. The quantitative estimate of drug-likeness (QED) is 0.0883. The zero-order valence-corrected chi connectivity index (χ0v) is 30.1. The fourth-order valence-corrected chi connectivity index (χ4v) is 6.39. The summed E-state index contributed by atoms with van der Waals surface area (Å²) in [5, 5.41) is 0. The molecular formula is C42H52N4O4. The van der Waals surface area contributed by atoms with Crippen LogP contribution in [-0.2, 0) is 0 Å². The second-order valence-electron chi connectivity index (χ2n) is 13.0. The number of hydrogen-bond donors (Lipinski definition) is 2. The summed E-state index contributed by atoms with van der Waals surface area (Å²) in [7, 11) is 0. The van der Waals surface area contributed by atoms with E-state index >= 15 is 0 Å². The first-order valence-corrected chi connectivity index (χ1v) is 18.3. The normalized spacial score (nSPS) is 12.0. The third-order valence-electron chi connectivity index (χ3n) is 9.32. The number of nitrogen functional groups attached to an aromatic ring is 2. The molecule has 5 rings (SSSR count). The van der Waals surface area contributed by atoms with Gasteiger partial charge in [0.2, 0.25) is 0 Å². The van der Waals surface area contributed by atoms with Gasteiger partial charge in [-0.2, -0.15) is 0 Å². The number of ether oxygens (including phenoxy) is 2. The van der Waals surface area contributed by atoms with Crippen molar-refractivity contribution in [3.63, 3.8) is 0 Å². The maximum Gasteiger partial charge on any atom is 0.196 e. The Hall–Kier alpha value is -4.98. The fourth-order valence-electron chi connectivity index (χ4n) is 6.39. The van der Waals surface area contributed by atoms with Crippen molar-refractivity contribution in [1.29, 1.82) is 0 Å². The molecule has 1 aliphatic carbocycles. The maximum atomic E-state index is 13.9. The van der Waals surface area contributed by atoms with Gasteiger partial charge in [0, 0.05) is 48.7 Å². The molecule has 8 heteroatoms. The summed E-state index contributed by atoms with van der Waals surface area (Å²) in [6.45, 7) is 12.7. The molecule has 4 aromatic carbocycles. The minimum Gasteiger partial charge on any atom is -0.451 e. The van der Waals surface area contributed by atoms with Crippen molar-refractivity contribution in [3.05, 3.63) is 95.1 Å². The molecule has 0 amide bonds. The number of rotatable bonds is 18. The highest BCUT2D eigenvalue weighted by molar-refractivity contribution is 6.32. The Labute approximate surface area is 297 Å². The third-order valence-corrected chi connectivity index (χ3v) is 9.32. The van der Waals surface area contributed by atoms with E-state index in [0.717, 1.165) is 88.9 Å². The third kappa shape index (κ3) is 7.91. The molecular weight excluding hydrogens is 624 g/mol. The molecule has 1 aliphatic rings. The van der Waals surface area contributed by atoms with Gasteiger partial charge in [-0.15, -0.1) is 0 Å². The summed E-state index contributed by atoms with van der Waals surface area (Å²) in [4.78, 5) is 32.5. The Kier molecular flexibility index (Phi) is 12.4. The van der Waals surface area contributed by atoms with E-state index in [-0.39, 0.29) is 56.7 Å². The Bertz CT molecular complexity index is 1620. The molecule has 50 heavy (non-hydrogen) atoms. The number of unbranched alkanes of at least 4 members (excludes halogenated alkanes) is 4. The number of nitrogens with two attached hydrogens (primary N) is 2. The van der Waals surface area contributed by atoms with Crippen LogP contribution in [0.2, 0.25) is 0 Å². The standard InChI is InChI=1S/C42H52N4O4/c1-5-9-25-45(26-10-6-2)29-17-21-31(22-18-29)49-41-37(43)35-36(40(48)34-16-14-13-15-33(34)39(35)47)38(44)42(41)50-32-23-19-30(20-24-32)46(27-11-7-3)28-12-8-4/h13-24H,5-12,25-28,43-44H2,1-4H3. The zero-order chi connectivity index (χ0) is 35.6. The second kappa shape index (κ2) is 17.1. The van der Waals surface area contributed by atoms with Crippen molar-refractivity contribution < 1.29 is 19.1 Å². The molecule has 0 unspecified atom stereocenters. The maximum absolute atomic E-state index is 13.9. The van der Waals surface area contributed by atoms with Crippen LogP contribution in [0.1, 0.15) is 111 Å². The molecule has 0 heterocycles. The smallest absolute Gasteiger partial charge is 0.196 e. The van der Waals surface area contributed by atoms with E-state index in [1.807, 2.05) is 48.5 Å². The molecule has 0 atom stereocenters. The van der Waals surface area contributed by atoms with Crippen LogP contribution < -0.4 is 30.7 Å². The predicted octanol–water partition coefficient (Wildman–Crippen LogP) is 10.0. The number of fused-ring (bicyclic) bond motifs is 2. The van der Waals surface area contributed by atoms with Crippen LogP contribution in [0.25, 0.3) is 0 Å². The van der Waals surface area contributed by atoms with Gasteiger partial charge in [-0.3, -0.25) is 9.59 Å². The van der Waals surface area contributed by atoms with Gasteiger partial charge >= 0.3 is 0 Å². The lowest BCUT2D eigenvalue weighted by Crippen LogP contribution is -2.25. The first-order valence-electron chi connectivity index (χ1n) is 18.3. The van der Waals surface area contributed by atoms with Crippen molar-refractivity contribution in [1.82, 2.24) is 0 Å². The minimum absolute atomic E-state index is 0.00979. The number of carbonyl (C=O) groups excluding carboxylic acids is 2. The van der Waals surface area contributed by atoms with Crippen LogP contribution in [0.5, 0.6) is 23.0 Å². The molecule has 0 spiro atoms. The van der Waals surface area contributed by atoms with Crippen LogP contribution >= 0.6 is 0 Å². The number of benzene rings is 4. The van der Waals surface area contributed by atoms with Crippen molar-refractivity contribution in [3.8, 4) is 23.0 Å². The Morgan fingerprint density at radius 1 is 0.500 bits per heavy atom. The number of hydrogen-bond acceptors (Lipinski definition) is 8. The van der Waals surface area contributed by atoms with E-state index < -0.39 is 0 Å². The average molecular weight is 677 g/mol. The van der Waals surface area contributed by atoms with E-state index in [4.69, 9.17) is 20.9 Å². The first-order chi connectivity index (χ1) is 24.3. The predicted molar refractivity (Wildman–Crippen MR) is 206 cm³/mol. The van der Waals surface area contributed by atoms with Gasteiger partial charge < -0.3 is 30.7 Å². The molecule has 4 N–H and O–H groups in total. The SMILES string of the molecule is CCCCN(CCCC)c1ccc(Oc2c(N)c3c(c(N)c2Oc2ccc(N(CCCC)CCCC)cc2)C(=O)c2ccccc2C3=O)cc1. The van der Waals surface area contributed by atoms with Crippen LogP contribution in [0.3, 0.4) is 0 Å². The molecule has 0 saturated carbocycles. The number of nitrogens with zero attached hydrogens (tertiary/aromatic N) is 2. The average Bonchev–Trinajstić information content (AvgIpc) is 3.14. The minimum atomic E-state index is -0.378. The highest BCUT2D eigenvalue weighted by atomic mass is 16.5. The monoisotopic (exact) mass is 676 g/mol. The van der Waals surface area contributed by atoms with Crippen molar-refractivity contribution in [2.24, 2.45) is 0 Å². The summed E-state index contributed by atoms with van der Waals surface area (Å²) in [6, 6.07) is 22.4. The largest absolute Gasteiger partial charge is 0.451 e. The van der Waals surface area contributed by atoms with Crippen LogP contribution in [0, 0.1) is 0 Å². The molecule has 0 fully saturated rings. The molecule has 4 aromatic rings. The van der Waals surface area contributed by atoms with Gasteiger partial charge in [0.1, 0.15) is 11.5 Å². The van der Waals surface area contributed by atoms with E-state index in [9.17, 15) is 9.59 Å². The topological polar surface area (TPSA) is 111 Å². The van der Waals surface area contributed by atoms with Crippen molar-refractivity contribution >= 4 is 34.3 Å². The van der Waals surface area contributed by atoms with E-state index in [1.54, 1.807) is 24.3 Å². The molecule has 264 valence electrons. The molecule has 0 saturated heterocycles. The highest BCUT2D eigenvalue weighted by Crippen LogP contribution is 2.50. The molecule has 0 radical (unpaired) electrons. The lowest BCUT2D eigenvalue weighted by molar-refractivity contribution is 0.0980. The van der Waals surface area contributed by atoms with Gasteiger partial charge in [-0.1, -0.05) is 77.6 Å². The second-order valence-corrected chi connectivity index (χ2v) is 13.0. The number of ketones is 2. The number of carbonyl (C=O) groups is 2. The van der Waals surface area contributed by atoms with Crippen molar-refractivity contribution in [2.75, 3.05) is 47.4 Å². The molecule has 0 aromatic heterocycles. The summed E-state index contributed by atoms with van der Waals surface area (Å²) in [5.41, 5.74) is 16.4. The number of anilines is 4. The Morgan fingerprint density at radius 2 is 0.820 bits per heavy atom. The van der Waals surface area contributed by atoms with Gasteiger partial charge in [0.15, 0.2) is 23.1 Å². The summed E-state index contributed by atoms with van der Waals surface area (Å²) in [6.07, 6.45) is 8.93. The summed E-state index contributed by atoms with van der Waals surface area (Å²) < 4.78 is 12.9. The lowest BCUT2D eigenvalue weighted by atomic mass is 9.82. The fraction of sp³-hybridized carbons (Fsp3) is 0.381. The van der Waals surface area contributed by atoms with Gasteiger partial charge in [-0.05, 0) is 74.2 Å². The van der Waals surface area contributed by atoms with Gasteiger partial charge in [-0.25, -0.2) is 0 Å². The Balaban J connectivity index is 1.54. The highest BCUT2D eigenvalue weighted by Gasteiger charge is 2.37. The molecule has 0 bridgehead atoms. The van der Waals surface area contributed by atoms with Gasteiger partial charge in [0.05, 0.1) is 22.5 Å². The zero-order valence-electron chi connectivity index (χ0n) is 30.1. The summed E-state index contributed by atoms with van der Waals surface area (Å²) in [5.74, 6) is 0.446. The van der Waals surface area contributed by atoms with Crippen molar-refractivity contribution in [2.45, 2.75) is 79.1 Å². The van der Waals surface area contributed by atoms with E-state index in [2.05, 4.69) is 37.5 Å².